The van der Waals surface area contributed by atoms with Crippen LogP contribution in [0.3, 0.4) is 0 Å². The summed E-state index contributed by atoms with van der Waals surface area (Å²) in [5.41, 5.74) is 0.846. The van der Waals surface area contributed by atoms with Crippen LogP contribution in [-0.4, -0.2) is 7.11 Å². The number of rotatable bonds is 1. The molecule has 0 aromatic rings. The summed E-state index contributed by atoms with van der Waals surface area (Å²) in [7, 11) is 1.56. The molecule has 1 nitrogen and oxygen atoms in total. The van der Waals surface area contributed by atoms with Gasteiger partial charge in [-0.2, -0.15) is 0 Å². The molecule has 2 heteroatoms. The maximum atomic E-state index is 4.55. The van der Waals surface area contributed by atoms with Crippen LogP contribution in [-0.2, 0) is 4.74 Å². The molecule has 0 amide bonds. The van der Waals surface area contributed by atoms with Gasteiger partial charge in [0, 0.05) is 7.11 Å². The van der Waals surface area contributed by atoms with E-state index < -0.39 is 0 Å². The fourth-order valence-electron chi connectivity index (χ4n) is 0.212. The largest absolute Gasteiger partial charge is 1.00 e. The van der Waals surface area contributed by atoms with Crippen LogP contribution in [0.2, 0.25) is 0 Å². The fourth-order valence-corrected chi connectivity index (χ4v) is 0.212. The Hall–Kier alpha value is -0.273. The molecule has 0 N–H and O–H groups in total. The molecule has 0 saturated carbocycles. The van der Waals surface area contributed by atoms with Crippen molar-refractivity contribution in [2.45, 2.75) is 6.92 Å². The first kappa shape index (κ1) is 11.5. The zero-order chi connectivity index (χ0) is 6.41. The zero-order valence-electron chi connectivity index (χ0n) is 6.19. The average Bonchev–Trinajstić information content (AvgIpc) is 1.66. The number of hydrogen-bond acceptors (Lipinski definition) is 1. The third-order valence-electron chi connectivity index (χ3n) is 0.462. The minimum Gasteiger partial charge on any atom is -0.437 e. The van der Waals surface area contributed by atoms with Gasteiger partial charge in [0.15, 0.2) is 0 Å². The van der Waals surface area contributed by atoms with Crippen LogP contribution in [0.5, 0.6) is 0 Å². The topological polar surface area (TPSA) is 9.23 Å². The maximum absolute atomic E-state index is 4.55. The predicted molar refractivity (Wildman–Crippen MR) is 33.9 cm³/mol. The standard InChI is InChI=1S/C7H9O.Li/c1-7(2)5-4-6-8-3;/h6H,1H2,2-3H3;/q-1;+1. The molecular formula is C7H9LiO. The van der Waals surface area contributed by atoms with E-state index in [2.05, 4.69) is 23.2 Å². The van der Waals surface area contributed by atoms with Gasteiger partial charge >= 0.3 is 18.9 Å². The molecule has 0 saturated heterocycles. The molecule has 0 bridgehead atoms. The van der Waals surface area contributed by atoms with Gasteiger partial charge in [0.2, 0.25) is 0 Å². The van der Waals surface area contributed by atoms with E-state index in [0.717, 1.165) is 5.57 Å². The molecule has 0 aliphatic heterocycles. The van der Waals surface area contributed by atoms with E-state index in [-0.39, 0.29) is 18.9 Å². The van der Waals surface area contributed by atoms with Crippen LogP contribution in [0.25, 0.3) is 0 Å². The number of allylic oxidation sites excluding steroid dienone is 1. The van der Waals surface area contributed by atoms with E-state index in [1.54, 1.807) is 7.11 Å². The van der Waals surface area contributed by atoms with Crippen molar-refractivity contribution in [2.24, 2.45) is 0 Å². The summed E-state index contributed by atoms with van der Waals surface area (Å²) < 4.78 is 4.55. The van der Waals surface area contributed by atoms with Crippen molar-refractivity contribution >= 4 is 0 Å². The Bertz CT molecular complexity index is 130. The molecule has 0 radical (unpaired) electrons. The first-order chi connectivity index (χ1) is 3.77. The van der Waals surface area contributed by atoms with E-state index in [0.29, 0.717) is 0 Å². The molecule has 0 aliphatic rings. The van der Waals surface area contributed by atoms with E-state index in [1.807, 2.05) is 6.92 Å². The molecule has 0 aliphatic carbocycles. The minimum atomic E-state index is 0. The van der Waals surface area contributed by atoms with Crippen molar-refractivity contribution in [3.8, 4) is 11.8 Å². The van der Waals surface area contributed by atoms with Crippen LogP contribution in [0.1, 0.15) is 6.92 Å². The minimum absolute atomic E-state index is 0. The maximum Gasteiger partial charge on any atom is 1.00 e. The van der Waals surface area contributed by atoms with Crippen LogP contribution in [0, 0.1) is 18.4 Å². The van der Waals surface area contributed by atoms with Crippen molar-refractivity contribution < 1.29 is 23.6 Å². The van der Waals surface area contributed by atoms with Crippen LogP contribution in [0.15, 0.2) is 12.2 Å². The Morgan fingerprint density at radius 3 is 2.56 bits per heavy atom. The molecule has 0 fully saturated rings. The molecule has 0 rings (SSSR count). The van der Waals surface area contributed by atoms with Crippen molar-refractivity contribution in [1.82, 2.24) is 0 Å². The Morgan fingerprint density at radius 1 is 1.67 bits per heavy atom. The quantitative estimate of drug-likeness (QED) is 0.227. The fraction of sp³-hybridized carbons (Fsp3) is 0.286. The second-order valence-electron chi connectivity index (χ2n) is 1.40. The normalized spacial score (nSPS) is 6.00. The first-order valence-electron chi connectivity index (χ1n) is 2.29. The van der Waals surface area contributed by atoms with E-state index in [9.17, 15) is 0 Å². The Morgan fingerprint density at radius 2 is 2.22 bits per heavy atom. The second kappa shape index (κ2) is 7.73. The SMILES string of the molecule is C=C(C)C#C[CH-]OC.[Li+]. The molecule has 0 unspecified atom stereocenters. The smallest absolute Gasteiger partial charge is 0.437 e. The molecule has 0 heterocycles. The molecule has 0 aromatic heterocycles. The summed E-state index contributed by atoms with van der Waals surface area (Å²) in [6.07, 6.45) is 0. The average molecular weight is 116 g/mol. The molecular weight excluding hydrogens is 107 g/mol. The van der Waals surface area contributed by atoms with Crippen molar-refractivity contribution in [2.75, 3.05) is 7.11 Å². The monoisotopic (exact) mass is 116 g/mol. The summed E-state index contributed by atoms with van der Waals surface area (Å²) in [6.45, 7) is 6.85. The molecule has 44 valence electrons. The summed E-state index contributed by atoms with van der Waals surface area (Å²) in [5, 5.41) is 0. The van der Waals surface area contributed by atoms with Gasteiger partial charge in [0.1, 0.15) is 0 Å². The number of ether oxygens (including phenoxy) is 1. The second-order valence-corrected chi connectivity index (χ2v) is 1.40. The van der Waals surface area contributed by atoms with Gasteiger partial charge in [-0.1, -0.05) is 13.5 Å². The van der Waals surface area contributed by atoms with Crippen molar-refractivity contribution in [3.63, 3.8) is 0 Å². The summed E-state index contributed by atoms with van der Waals surface area (Å²) >= 11 is 0. The predicted octanol–water partition coefficient (Wildman–Crippen LogP) is -1.62. The van der Waals surface area contributed by atoms with Crippen molar-refractivity contribution in [1.29, 1.82) is 0 Å². The van der Waals surface area contributed by atoms with Gasteiger partial charge in [-0.15, -0.1) is 12.2 Å². The van der Waals surface area contributed by atoms with E-state index in [4.69, 9.17) is 0 Å². The summed E-state index contributed by atoms with van der Waals surface area (Å²) in [5.74, 6) is 5.36. The van der Waals surface area contributed by atoms with Crippen LogP contribution < -0.4 is 18.9 Å². The van der Waals surface area contributed by atoms with Gasteiger partial charge in [-0.25, -0.2) is 0 Å². The Balaban J connectivity index is 0. The van der Waals surface area contributed by atoms with Crippen LogP contribution in [0.4, 0.5) is 0 Å². The van der Waals surface area contributed by atoms with Gasteiger partial charge < -0.3 is 4.74 Å². The van der Waals surface area contributed by atoms with Crippen LogP contribution >= 0.6 is 0 Å². The van der Waals surface area contributed by atoms with Gasteiger partial charge in [0.05, 0.1) is 0 Å². The first-order valence-corrected chi connectivity index (χ1v) is 2.29. The summed E-state index contributed by atoms with van der Waals surface area (Å²) in [4.78, 5) is 0. The molecule has 0 aromatic carbocycles. The Labute approximate surface area is 68.6 Å². The zero-order valence-corrected chi connectivity index (χ0v) is 6.19. The number of hydrogen-bond donors (Lipinski definition) is 0. The van der Waals surface area contributed by atoms with E-state index >= 15 is 0 Å². The van der Waals surface area contributed by atoms with Crippen molar-refractivity contribution in [3.05, 3.63) is 18.8 Å². The third-order valence-corrected chi connectivity index (χ3v) is 0.462. The third kappa shape index (κ3) is 11.3. The van der Waals surface area contributed by atoms with E-state index in [1.165, 1.54) is 6.61 Å². The molecule has 9 heavy (non-hydrogen) atoms. The summed E-state index contributed by atoms with van der Waals surface area (Å²) in [6, 6.07) is 0. The van der Waals surface area contributed by atoms with Gasteiger partial charge in [-0.05, 0) is 0 Å². The molecule has 0 spiro atoms. The molecule has 0 atom stereocenters. The van der Waals surface area contributed by atoms with Gasteiger partial charge in [0.25, 0.3) is 0 Å². The van der Waals surface area contributed by atoms with Gasteiger partial charge in [-0.3, -0.25) is 11.8 Å². The Kier molecular flexibility index (Phi) is 9.89. The number of methoxy groups -OCH3 is 1.